The van der Waals surface area contributed by atoms with Gasteiger partial charge in [-0.05, 0) is 43.9 Å². The predicted molar refractivity (Wildman–Crippen MR) is 92.8 cm³/mol. The average Bonchev–Trinajstić information content (AvgIpc) is 2.55. The van der Waals surface area contributed by atoms with Crippen molar-refractivity contribution in [2.45, 2.75) is 40.0 Å². The van der Waals surface area contributed by atoms with Crippen molar-refractivity contribution in [3.8, 4) is 6.07 Å². The van der Waals surface area contributed by atoms with Crippen molar-refractivity contribution in [2.75, 3.05) is 0 Å². The Morgan fingerprint density at radius 1 is 1.26 bits per heavy atom. The SMILES string of the molecule is CCCC/C(=N\n1c(C)cc(C)c(C#N)c1=O)c1ccccc1. The molecule has 1 heterocycles. The van der Waals surface area contributed by atoms with E-state index in [-0.39, 0.29) is 11.1 Å². The smallest absolute Gasteiger partial charge is 0.266 e. The van der Waals surface area contributed by atoms with Gasteiger partial charge in [0.1, 0.15) is 11.6 Å². The lowest BCUT2D eigenvalue weighted by molar-refractivity contribution is 0.764. The molecule has 0 aliphatic heterocycles. The van der Waals surface area contributed by atoms with Crippen LogP contribution in [0.1, 0.15) is 48.6 Å². The zero-order valence-corrected chi connectivity index (χ0v) is 13.8. The van der Waals surface area contributed by atoms with Crippen LogP contribution in [0.5, 0.6) is 0 Å². The average molecular weight is 307 g/mol. The fourth-order valence-electron chi connectivity index (χ4n) is 2.49. The third-order valence-electron chi connectivity index (χ3n) is 3.77. The Hall–Kier alpha value is -2.67. The summed E-state index contributed by atoms with van der Waals surface area (Å²) in [6.07, 6.45) is 2.84. The van der Waals surface area contributed by atoms with Crippen LogP contribution in [0.3, 0.4) is 0 Å². The second kappa shape index (κ2) is 7.55. The van der Waals surface area contributed by atoms with E-state index in [9.17, 15) is 10.1 Å². The first kappa shape index (κ1) is 16.7. The van der Waals surface area contributed by atoms with Gasteiger partial charge in [-0.25, -0.2) is 4.68 Å². The predicted octanol–water partition coefficient (Wildman–Crippen LogP) is 3.78. The van der Waals surface area contributed by atoms with Crippen molar-refractivity contribution < 1.29 is 0 Å². The second-order valence-corrected chi connectivity index (χ2v) is 5.59. The van der Waals surface area contributed by atoms with Crippen LogP contribution in [0, 0.1) is 25.2 Å². The fraction of sp³-hybridized carbons (Fsp3) is 0.316. The molecule has 23 heavy (non-hydrogen) atoms. The summed E-state index contributed by atoms with van der Waals surface area (Å²) in [5.74, 6) is 0. The molecule has 0 saturated carbocycles. The zero-order chi connectivity index (χ0) is 16.8. The highest BCUT2D eigenvalue weighted by Crippen LogP contribution is 2.11. The number of pyridine rings is 1. The Labute approximate surface area is 136 Å². The minimum Gasteiger partial charge on any atom is -0.266 e. The van der Waals surface area contributed by atoms with E-state index < -0.39 is 0 Å². The lowest BCUT2D eigenvalue weighted by Gasteiger charge is -2.11. The molecule has 2 aromatic rings. The summed E-state index contributed by atoms with van der Waals surface area (Å²) in [6, 6.07) is 13.7. The maximum Gasteiger partial charge on any atom is 0.289 e. The van der Waals surface area contributed by atoms with Crippen molar-refractivity contribution >= 4 is 5.71 Å². The van der Waals surface area contributed by atoms with E-state index in [0.717, 1.165) is 36.2 Å². The molecule has 0 amide bonds. The number of rotatable bonds is 5. The van der Waals surface area contributed by atoms with Gasteiger partial charge in [0.25, 0.3) is 5.56 Å². The number of aromatic nitrogens is 1. The van der Waals surface area contributed by atoms with Gasteiger partial charge in [-0.15, -0.1) is 0 Å². The van der Waals surface area contributed by atoms with Crippen LogP contribution >= 0.6 is 0 Å². The molecule has 0 unspecified atom stereocenters. The Morgan fingerprint density at radius 2 is 1.96 bits per heavy atom. The number of benzene rings is 1. The number of nitriles is 1. The highest BCUT2D eigenvalue weighted by atomic mass is 16.1. The monoisotopic (exact) mass is 307 g/mol. The van der Waals surface area contributed by atoms with Crippen molar-refractivity contribution in [1.29, 1.82) is 5.26 Å². The van der Waals surface area contributed by atoms with Gasteiger partial charge in [0.05, 0.1) is 5.71 Å². The Bertz CT molecular complexity index is 811. The summed E-state index contributed by atoms with van der Waals surface area (Å²) in [5, 5.41) is 13.8. The standard InChI is InChI=1S/C19H21N3O/c1-4-5-11-18(16-9-7-6-8-10-16)21-22-15(3)12-14(2)17(13-20)19(22)23/h6-10,12H,4-5,11H2,1-3H3/b21-18+. The van der Waals surface area contributed by atoms with E-state index in [0.29, 0.717) is 5.56 Å². The van der Waals surface area contributed by atoms with Crippen molar-refractivity contribution in [3.05, 3.63) is 69.1 Å². The van der Waals surface area contributed by atoms with Crippen LogP contribution in [0.15, 0.2) is 46.3 Å². The Kier molecular flexibility index (Phi) is 5.48. The first-order valence-electron chi connectivity index (χ1n) is 7.85. The molecule has 1 aromatic carbocycles. The van der Waals surface area contributed by atoms with Crippen LogP contribution in [-0.2, 0) is 0 Å². The molecule has 0 spiro atoms. The summed E-state index contributed by atoms with van der Waals surface area (Å²) >= 11 is 0. The van der Waals surface area contributed by atoms with E-state index in [1.54, 1.807) is 6.92 Å². The molecule has 118 valence electrons. The molecule has 2 rings (SSSR count). The molecule has 0 atom stereocenters. The first-order chi connectivity index (χ1) is 11.1. The van der Waals surface area contributed by atoms with E-state index in [1.165, 1.54) is 4.68 Å². The molecule has 4 nitrogen and oxygen atoms in total. The topological polar surface area (TPSA) is 58.1 Å². The Balaban J connectivity index is 2.60. The molecule has 0 saturated heterocycles. The molecule has 0 bridgehead atoms. The number of unbranched alkanes of at least 4 members (excludes halogenated alkanes) is 1. The first-order valence-corrected chi connectivity index (χ1v) is 7.85. The molecular formula is C19H21N3O. The van der Waals surface area contributed by atoms with Gasteiger partial charge in [0.15, 0.2) is 0 Å². The van der Waals surface area contributed by atoms with Gasteiger partial charge in [0, 0.05) is 5.69 Å². The van der Waals surface area contributed by atoms with Gasteiger partial charge in [0.2, 0.25) is 0 Å². The van der Waals surface area contributed by atoms with E-state index >= 15 is 0 Å². The van der Waals surface area contributed by atoms with Crippen LogP contribution in [0.4, 0.5) is 0 Å². The molecule has 0 aliphatic carbocycles. The second-order valence-electron chi connectivity index (χ2n) is 5.59. The van der Waals surface area contributed by atoms with Gasteiger partial charge in [-0.1, -0.05) is 43.7 Å². The maximum atomic E-state index is 12.5. The number of nitrogens with zero attached hydrogens (tertiary/aromatic N) is 3. The van der Waals surface area contributed by atoms with Gasteiger partial charge in [-0.2, -0.15) is 10.4 Å². The third-order valence-corrected chi connectivity index (χ3v) is 3.77. The molecule has 4 heteroatoms. The number of hydrogen-bond donors (Lipinski definition) is 0. The van der Waals surface area contributed by atoms with E-state index in [1.807, 2.05) is 49.4 Å². The lowest BCUT2D eigenvalue weighted by atomic mass is 10.1. The van der Waals surface area contributed by atoms with Crippen molar-refractivity contribution in [1.82, 2.24) is 4.68 Å². The maximum absolute atomic E-state index is 12.5. The number of aryl methyl sites for hydroxylation is 2. The molecule has 0 radical (unpaired) electrons. The minimum atomic E-state index is -0.352. The fourth-order valence-corrected chi connectivity index (χ4v) is 2.49. The summed E-state index contributed by atoms with van der Waals surface area (Å²) in [4.78, 5) is 12.5. The van der Waals surface area contributed by atoms with Crippen LogP contribution in [0.2, 0.25) is 0 Å². The highest BCUT2D eigenvalue weighted by molar-refractivity contribution is 6.00. The van der Waals surface area contributed by atoms with E-state index in [4.69, 9.17) is 0 Å². The van der Waals surface area contributed by atoms with Crippen LogP contribution < -0.4 is 5.56 Å². The molecule has 1 aromatic heterocycles. The Morgan fingerprint density at radius 3 is 2.57 bits per heavy atom. The summed E-state index contributed by atoms with van der Waals surface area (Å²) in [6.45, 7) is 5.73. The summed E-state index contributed by atoms with van der Waals surface area (Å²) < 4.78 is 1.35. The van der Waals surface area contributed by atoms with Crippen molar-refractivity contribution in [2.24, 2.45) is 5.10 Å². The molecule has 0 fully saturated rings. The summed E-state index contributed by atoms with van der Waals surface area (Å²) in [7, 11) is 0. The lowest BCUT2D eigenvalue weighted by Crippen LogP contribution is -2.24. The highest BCUT2D eigenvalue weighted by Gasteiger charge is 2.11. The normalized spacial score (nSPS) is 11.3. The zero-order valence-electron chi connectivity index (χ0n) is 13.8. The summed E-state index contributed by atoms with van der Waals surface area (Å²) in [5.41, 5.74) is 3.10. The van der Waals surface area contributed by atoms with Crippen LogP contribution in [0.25, 0.3) is 0 Å². The molecular weight excluding hydrogens is 286 g/mol. The largest absolute Gasteiger partial charge is 0.289 e. The van der Waals surface area contributed by atoms with E-state index in [2.05, 4.69) is 12.0 Å². The number of hydrogen-bond acceptors (Lipinski definition) is 3. The van der Waals surface area contributed by atoms with Crippen molar-refractivity contribution in [3.63, 3.8) is 0 Å². The van der Waals surface area contributed by atoms with Gasteiger partial charge in [-0.3, -0.25) is 4.79 Å². The van der Waals surface area contributed by atoms with Gasteiger partial charge < -0.3 is 0 Å². The van der Waals surface area contributed by atoms with Crippen LogP contribution in [-0.4, -0.2) is 10.4 Å². The quantitative estimate of drug-likeness (QED) is 0.789. The minimum absolute atomic E-state index is 0.155. The third kappa shape index (κ3) is 3.75. The molecule has 0 aliphatic rings. The van der Waals surface area contributed by atoms with Gasteiger partial charge >= 0.3 is 0 Å². The molecule has 0 N–H and O–H groups in total.